The largest absolute Gasteiger partial charge is 0.310 e. The molecule has 0 saturated heterocycles. The van der Waals surface area contributed by atoms with E-state index in [0.29, 0.717) is 42.1 Å². The van der Waals surface area contributed by atoms with Crippen molar-refractivity contribution >= 4 is 29.0 Å². The van der Waals surface area contributed by atoms with Crippen LogP contribution in [-0.2, 0) is 11.2 Å². The van der Waals surface area contributed by atoms with Crippen LogP contribution in [0.15, 0.2) is 60.8 Å². The molecule has 2 aromatic carbocycles. The van der Waals surface area contributed by atoms with Gasteiger partial charge >= 0.3 is 0 Å². The molecule has 0 bridgehead atoms. The first-order chi connectivity index (χ1) is 14.9. The van der Waals surface area contributed by atoms with Gasteiger partial charge in [-0.3, -0.25) is 9.59 Å². The number of anilines is 1. The number of hydrogen-bond acceptors (Lipinski definition) is 3. The Morgan fingerprint density at radius 2 is 1.71 bits per heavy atom. The van der Waals surface area contributed by atoms with E-state index in [1.165, 1.54) is 11.0 Å². The molecule has 1 aromatic heterocycles. The lowest BCUT2D eigenvalue weighted by molar-refractivity contribution is -0.118. The van der Waals surface area contributed by atoms with Crippen molar-refractivity contribution in [1.29, 1.82) is 0 Å². The summed E-state index contributed by atoms with van der Waals surface area (Å²) in [7, 11) is 0. The fourth-order valence-corrected chi connectivity index (χ4v) is 3.49. The second-order valence-electron chi connectivity index (χ2n) is 7.15. The van der Waals surface area contributed by atoms with E-state index in [0.717, 1.165) is 11.1 Å². The fraction of sp³-hybridized carbons (Fsp3) is 0.240. The van der Waals surface area contributed by atoms with E-state index in [-0.39, 0.29) is 17.4 Å². The lowest BCUT2D eigenvalue weighted by Gasteiger charge is -2.21. The molecule has 4 nitrogen and oxygen atoms in total. The van der Waals surface area contributed by atoms with Gasteiger partial charge in [-0.05, 0) is 48.2 Å². The van der Waals surface area contributed by atoms with Gasteiger partial charge in [0.2, 0.25) is 5.91 Å². The van der Waals surface area contributed by atoms with Crippen LogP contribution in [-0.4, -0.2) is 23.2 Å². The summed E-state index contributed by atoms with van der Waals surface area (Å²) in [5.74, 6) is -0.538. The number of Topliss-reactive ketones (excluding diaryl/α,β-unsaturated/α-hetero) is 1. The maximum absolute atomic E-state index is 14.7. The average Bonchev–Trinajstić information content (AvgIpc) is 2.79. The molecule has 0 aliphatic heterocycles. The number of nitrogens with zero attached hydrogens (tertiary/aromatic N) is 2. The molecule has 0 aliphatic rings. The molecule has 0 atom stereocenters. The number of aryl methyl sites for hydroxylation is 1. The molecule has 1 heterocycles. The summed E-state index contributed by atoms with van der Waals surface area (Å²) in [6, 6.07) is 15.5. The molecule has 3 aromatic rings. The predicted octanol–water partition coefficient (Wildman–Crippen LogP) is 6.12. The van der Waals surface area contributed by atoms with Gasteiger partial charge in [-0.15, -0.1) is 0 Å². The van der Waals surface area contributed by atoms with E-state index in [2.05, 4.69) is 4.98 Å². The normalized spacial score (nSPS) is 10.7. The Balaban J connectivity index is 1.70. The summed E-state index contributed by atoms with van der Waals surface area (Å²) in [5.41, 5.74) is 3.32. The molecule has 160 valence electrons. The van der Waals surface area contributed by atoms with Crippen LogP contribution in [0.25, 0.3) is 11.1 Å². The number of carbonyl (C=O) groups is 2. The first-order valence-corrected chi connectivity index (χ1v) is 10.6. The predicted molar refractivity (Wildman–Crippen MR) is 122 cm³/mol. The number of halogens is 2. The number of hydrogen-bond donors (Lipinski definition) is 0. The van der Waals surface area contributed by atoms with Crippen LogP contribution in [0.3, 0.4) is 0 Å². The van der Waals surface area contributed by atoms with E-state index in [1.807, 2.05) is 13.0 Å². The van der Waals surface area contributed by atoms with Crippen molar-refractivity contribution in [2.24, 2.45) is 0 Å². The Labute approximate surface area is 186 Å². The summed E-state index contributed by atoms with van der Waals surface area (Å²) in [4.78, 5) is 30.0. The molecule has 1 amide bonds. The van der Waals surface area contributed by atoms with E-state index in [4.69, 9.17) is 11.6 Å². The molecule has 0 spiro atoms. The maximum Gasteiger partial charge on any atom is 0.226 e. The topological polar surface area (TPSA) is 50.3 Å². The summed E-state index contributed by atoms with van der Waals surface area (Å²) in [5, 5.41) is 0.425. The number of rotatable bonds is 8. The van der Waals surface area contributed by atoms with Crippen molar-refractivity contribution in [2.45, 2.75) is 33.1 Å². The molecule has 0 aliphatic carbocycles. The maximum atomic E-state index is 14.7. The first-order valence-electron chi connectivity index (χ1n) is 10.3. The molecular formula is C25H24ClFN2O2. The SMILES string of the molecule is CCC(=O)N(CC)c1ccc(-c2ccc(C(=O)CCc3ccc(Cl)nc3)cc2)cc1F. The highest BCUT2D eigenvalue weighted by atomic mass is 35.5. The zero-order valence-electron chi connectivity index (χ0n) is 17.6. The van der Waals surface area contributed by atoms with E-state index >= 15 is 0 Å². The molecular weight excluding hydrogens is 415 g/mol. The van der Waals surface area contributed by atoms with E-state index < -0.39 is 5.82 Å². The minimum atomic E-state index is -0.446. The van der Waals surface area contributed by atoms with Crippen molar-refractivity contribution in [2.75, 3.05) is 11.4 Å². The minimum Gasteiger partial charge on any atom is -0.310 e. The lowest BCUT2D eigenvalue weighted by Crippen LogP contribution is -2.30. The summed E-state index contributed by atoms with van der Waals surface area (Å²) in [6.07, 6.45) is 2.94. The van der Waals surface area contributed by atoms with Crippen LogP contribution in [0.2, 0.25) is 5.15 Å². The molecule has 6 heteroatoms. The van der Waals surface area contributed by atoms with Crippen LogP contribution in [0.5, 0.6) is 0 Å². The van der Waals surface area contributed by atoms with Gasteiger partial charge < -0.3 is 4.90 Å². The van der Waals surface area contributed by atoms with Crippen molar-refractivity contribution < 1.29 is 14.0 Å². The van der Waals surface area contributed by atoms with Gasteiger partial charge in [0.05, 0.1) is 5.69 Å². The van der Waals surface area contributed by atoms with Crippen LogP contribution in [0.4, 0.5) is 10.1 Å². The second-order valence-corrected chi connectivity index (χ2v) is 7.53. The zero-order valence-corrected chi connectivity index (χ0v) is 18.3. The highest BCUT2D eigenvalue weighted by Gasteiger charge is 2.16. The standard InChI is InChI=1S/C25H24ClFN2O2/c1-3-25(31)29(4-2)22-12-11-20(15-21(22)27)18-7-9-19(10-8-18)23(30)13-5-17-6-14-24(26)28-16-17/h6-12,14-16H,3-5,13H2,1-2H3. The highest BCUT2D eigenvalue weighted by molar-refractivity contribution is 6.29. The van der Waals surface area contributed by atoms with Crippen molar-refractivity contribution in [3.63, 3.8) is 0 Å². The smallest absolute Gasteiger partial charge is 0.226 e. The molecule has 31 heavy (non-hydrogen) atoms. The third-order valence-electron chi connectivity index (χ3n) is 5.13. The minimum absolute atomic E-state index is 0.0275. The monoisotopic (exact) mass is 438 g/mol. The molecule has 0 radical (unpaired) electrons. The summed E-state index contributed by atoms with van der Waals surface area (Å²) < 4.78 is 14.7. The zero-order chi connectivity index (χ0) is 22.4. The number of ketones is 1. The third-order valence-corrected chi connectivity index (χ3v) is 5.35. The Morgan fingerprint density at radius 3 is 2.29 bits per heavy atom. The molecule has 0 unspecified atom stereocenters. The Morgan fingerprint density at radius 1 is 1.00 bits per heavy atom. The van der Waals surface area contributed by atoms with Crippen LogP contribution >= 0.6 is 11.6 Å². The van der Waals surface area contributed by atoms with Gasteiger partial charge in [-0.1, -0.05) is 54.9 Å². The van der Waals surface area contributed by atoms with Crippen molar-refractivity contribution in [1.82, 2.24) is 4.98 Å². The number of amides is 1. The van der Waals surface area contributed by atoms with Crippen LogP contribution < -0.4 is 4.90 Å². The Kier molecular flexibility index (Phi) is 7.53. The van der Waals surface area contributed by atoms with Gasteiger partial charge in [-0.2, -0.15) is 0 Å². The summed E-state index contributed by atoms with van der Waals surface area (Å²) >= 11 is 5.78. The highest BCUT2D eigenvalue weighted by Crippen LogP contribution is 2.27. The third kappa shape index (κ3) is 5.56. The molecule has 3 rings (SSSR count). The van der Waals surface area contributed by atoms with Gasteiger partial charge in [0.25, 0.3) is 0 Å². The Bertz CT molecular complexity index is 1070. The van der Waals surface area contributed by atoms with Crippen LogP contribution in [0.1, 0.15) is 42.6 Å². The van der Waals surface area contributed by atoms with E-state index in [1.54, 1.807) is 55.6 Å². The number of carbonyl (C=O) groups excluding carboxylic acids is 2. The number of benzene rings is 2. The molecule has 0 N–H and O–H groups in total. The van der Waals surface area contributed by atoms with Gasteiger partial charge in [0.1, 0.15) is 11.0 Å². The first kappa shape index (κ1) is 22.6. The van der Waals surface area contributed by atoms with E-state index in [9.17, 15) is 14.0 Å². The number of pyridine rings is 1. The summed E-state index contributed by atoms with van der Waals surface area (Å²) in [6.45, 7) is 3.98. The lowest BCUT2D eigenvalue weighted by atomic mass is 9.99. The fourth-order valence-electron chi connectivity index (χ4n) is 3.38. The van der Waals surface area contributed by atoms with Crippen molar-refractivity contribution in [3.05, 3.63) is 82.9 Å². The number of aromatic nitrogens is 1. The van der Waals surface area contributed by atoms with Crippen LogP contribution in [0, 0.1) is 5.82 Å². The quantitative estimate of drug-likeness (QED) is 0.314. The molecule has 0 saturated carbocycles. The van der Waals surface area contributed by atoms with Gasteiger partial charge in [0, 0.05) is 31.1 Å². The van der Waals surface area contributed by atoms with Crippen molar-refractivity contribution in [3.8, 4) is 11.1 Å². The van der Waals surface area contributed by atoms with Gasteiger partial charge in [-0.25, -0.2) is 9.37 Å². The molecule has 0 fully saturated rings. The Hall–Kier alpha value is -3.05. The average molecular weight is 439 g/mol. The van der Waals surface area contributed by atoms with Gasteiger partial charge in [0.15, 0.2) is 5.78 Å². The second kappa shape index (κ2) is 10.3.